The van der Waals surface area contributed by atoms with E-state index >= 15 is 0 Å². The van der Waals surface area contributed by atoms with Crippen LogP contribution in [-0.4, -0.2) is 50.5 Å². The van der Waals surface area contributed by atoms with Gasteiger partial charge in [-0.1, -0.05) is 0 Å². The second kappa shape index (κ2) is 7.94. The van der Waals surface area contributed by atoms with E-state index < -0.39 is 0 Å². The molecule has 0 saturated heterocycles. The van der Waals surface area contributed by atoms with E-state index in [1.54, 1.807) is 26.6 Å². The molecule has 96 valence electrons. The molecule has 0 aromatic carbocycles. The van der Waals surface area contributed by atoms with Gasteiger partial charge >= 0.3 is 0 Å². The summed E-state index contributed by atoms with van der Waals surface area (Å²) in [6, 6.07) is 0. The minimum atomic E-state index is 0.406. The fourth-order valence-electron chi connectivity index (χ4n) is 1.36. The zero-order valence-electron chi connectivity index (χ0n) is 10.4. The number of methoxy groups -OCH3 is 2. The highest BCUT2D eigenvalue weighted by Crippen LogP contribution is 2.08. The molecule has 0 aliphatic heterocycles. The number of hydrogen-bond acceptors (Lipinski definition) is 6. The zero-order chi connectivity index (χ0) is 12.5. The van der Waals surface area contributed by atoms with Crippen molar-refractivity contribution in [3.05, 3.63) is 18.1 Å². The van der Waals surface area contributed by atoms with Gasteiger partial charge in [-0.3, -0.25) is 4.98 Å². The standard InChI is InChI=1S/C11H20N4O2/c1-16-5-3-15(4-6-17-2)11-9-13-10(7-12)8-14-11/h8-9H,3-7,12H2,1-2H3. The highest BCUT2D eigenvalue weighted by atomic mass is 16.5. The maximum atomic E-state index is 5.48. The second-order valence-electron chi connectivity index (χ2n) is 3.54. The number of aromatic nitrogens is 2. The summed E-state index contributed by atoms with van der Waals surface area (Å²) in [4.78, 5) is 10.6. The van der Waals surface area contributed by atoms with E-state index in [2.05, 4.69) is 14.9 Å². The summed E-state index contributed by atoms with van der Waals surface area (Å²) in [7, 11) is 3.36. The summed E-state index contributed by atoms with van der Waals surface area (Å²) < 4.78 is 10.1. The summed E-state index contributed by atoms with van der Waals surface area (Å²) in [5.41, 5.74) is 6.26. The molecule has 0 fully saturated rings. The van der Waals surface area contributed by atoms with Crippen molar-refractivity contribution in [2.24, 2.45) is 5.73 Å². The Kier molecular flexibility index (Phi) is 6.46. The average Bonchev–Trinajstić information content (AvgIpc) is 2.39. The van der Waals surface area contributed by atoms with Crippen molar-refractivity contribution in [3.63, 3.8) is 0 Å². The number of nitrogens with two attached hydrogens (primary N) is 1. The van der Waals surface area contributed by atoms with E-state index in [0.29, 0.717) is 19.8 Å². The Morgan fingerprint density at radius 2 is 1.76 bits per heavy atom. The van der Waals surface area contributed by atoms with E-state index in [1.807, 2.05) is 0 Å². The molecule has 0 bridgehead atoms. The molecule has 0 amide bonds. The fourth-order valence-corrected chi connectivity index (χ4v) is 1.36. The molecule has 1 aromatic rings. The van der Waals surface area contributed by atoms with Gasteiger partial charge in [0.05, 0.1) is 31.3 Å². The van der Waals surface area contributed by atoms with Crippen molar-refractivity contribution in [2.45, 2.75) is 6.54 Å². The van der Waals surface area contributed by atoms with Crippen LogP contribution in [0, 0.1) is 0 Å². The third-order valence-electron chi connectivity index (χ3n) is 2.36. The van der Waals surface area contributed by atoms with Crippen LogP contribution in [-0.2, 0) is 16.0 Å². The Morgan fingerprint density at radius 3 is 2.18 bits per heavy atom. The molecule has 1 rings (SSSR count). The van der Waals surface area contributed by atoms with Crippen molar-refractivity contribution in [1.82, 2.24) is 9.97 Å². The van der Waals surface area contributed by atoms with E-state index in [9.17, 15) is 0 Å². The van der Waals surface area contributed by atoms with Gasteiger partial charge in [-0.25, -0.2) is 4.98 Å². The van der Waals surface area contributed by atoms with Crippen molar-refractivity contribution in [3.8, 4) is 0 Å². The van der Waals surface area contributed by atoms with E-state index in [-0.39, 0.29) is 0 Å². The molecule has 0 unspecified atom stereocenters. The first-order chi connectivity index (χ1) is 8.31. The quantitative estimate of drug-likeness (QED) is 0.691. The van der Waals surface area contributed by atoms with Gasteiger partial charge in [0.15, 0.2) is 0 Å². The molecule has 0 radical (unpaired) electrons. The molecule has 0 saturated carbocycles. The third-order valence-corrected chi connectivity index (χ3v) is 2.36. The highest BCUT2D eigenvalue weighted by Gasteiger charge is 2.07. The molecule has 6 heteroatoms. The zero-order valence-corrected chi connectivity index (χ0v) is 10.4. The SMILES string of the molecule is COCCN(CCOC)c1cnc(CN)cn1. The third kappa shape index (κ3) is 4.64. The van der Waals surface area contributed by atoms with Crippen molar-refractivity contribution < 1.29 is 9.47 Å². The first-order valence-electron chi connectivity index (χ1n) is 5.55. The monoisotopic (exact) mass is 240 g/mol. The van der Waals surface area contributed by atoms with Crippen LogP contribution in [0.5, 0.6) is 0 Å². The van der Waals surface area contributed by atoms with Crippen LogP contribution in [0.4, 0.5) is 5.82 Å². The van der Waals surface area contributed by atoms with Gasteiger partial charge in [-0.05, 0) is 0 Å². The fraction of sp³-hybridized carbons (Fsp3) is 0.636. The lowest BCUT2D eigenvalue weighted by atomic mass is 10.4. The summed E-state index contributed by atoms with van der Waals surface area (Å²) in [6.07, 6.45) is 3.43. The Morgan fingerprint density at radius 1 is 1.12 bits per heavy atom. The normalized spacial score (nSPS) is 10.5. The van der Waals surface area contributed by atoms with Gasteiger partial charge in [0, 0.05) is 33.9 Å². The highest BCUT2D eigenvalue weighted by molar-refractivity contribution is 5.35. The predicted octanol–water partition coefficient (Wildman–Crippen LogP) is 0.0345. The Hall–Kier alpha value is -1.24. The maximum absolute atomic E-state index is 5.48. The van der Waals surface area contributed by atoms with Gasteiger partial charge < -0.3 is 20.1 Å². The minimum Gasteiger partial charge on any atom is -0.383 e. The minimum absolute atomic E-state index is 0.406. The van der Waals surface area contributed by atoms with E-state index in [0.717, 1.165) is 24.6 Å². The smallest absolute Gasteiger partial charge is 0.147 e. The topological polar surface area (TPSA) is 73.5 Å². The van der Waals surface area contributed by atoms with Crippen LogP contribution in [0.1, 0.15) is 5.69 Å². The number of hydrogen-bond donors (Lipinski definition) is 1. The lowest BCUT2D eigenvalue weighted by Crippen LogP contribution is -2.31. The summed E-state index contributed by atoms with van der Waals surface area (Å²) in [5.74, 6) is 0.816. The van der Waals surface area contributed by atoms with Gasteiger partial charge in [-0.2, -0.15) is 0 Å². The number of nitrogens with zero attached hydrogens (tertiary/aromatic N) is 3. The number of rotatable bonds is 8. The molecule has 1 heterocycles. The molecule has 1 aromatic heterocycles. The molecule has 0 aliphatic carbocycles. The van der Waals surface area contributed by atoms with Gasteiger partial charge in [0.25, 0.3) is 0 Å². The molecular formula is C11H20N4O2. The Labute approximate surface area is 102 Å². The van der Waals surface area contributed by atoms with E-state index in [4.69, 9.17) is 15.2 Å². The molecule has 2 N–H and O–H groups in total. The number of anilines is 1. The van der Waals surface area contributed by atoms with Gasteiger partial charge in [0.2, 0.25) is 0 Å². The van der Waals surface area contributed by atoms with Gasteiger partial charge in [0.1, 0.15) is 5.82 Å². The van der Waals surface area contributed by atoms with Crippen molar-refractivity contribution in [2.75, 3.05) is 45.4 Å². The Balaban J connectivity index is 2.65. The van der Waals surface area contributed by atoms with Crippen molar-refractivity contribution >= 4 is 5.82 Å². The summed E-state index contributed by atoms with van der Waals surface area (Å²) >= 11 is 0. The van der Waals surface area contributed by atoms with Crippen LogP contribution < -0.4 is 10.6 Å². The second-order valence-corrected chi connectivity index (χ2v) is 3.54. The lowest BCUT2D eigenvalue weighted by Gasteiger charge is -2.22. The molecule has 0 atom stereocenters. The first kappa shape index (κ1) is 13.8. The maximum Gasteiger partial charge on any atom is 0.147 e. The number of ether oxygens (including phenoxy) is 2. The van der Waals surface area contributed by atoms with Crippen LogP contribution in [0.15, 0.2) is 12.4 Å². The summed E-state index contributed by atoms with van der Waals surface area (Å²) in [6.45, 7) is 3.21. The molecule has 17 heavy (non-hydrogen) atoms. The van der Waals surface area contributed by atoms with E-state index in [1.165, 1.54) is 0 Å². The lowest BCUT2D eigenvalue weighted by molar-refractivity contribution is 0.190. The Bertz CT molecular complexity index is 297. The van der Waals surface area contributed by atoms with Crippen LogP contribution in [0.25, 0.3) is 0 Å². The average molecular weight is 240 g/mol. The predicted molar refractivity (Wildman–Crippen MR) is 65.9 cm³/mol. The molecule has 0 aliphatic rings. The van der Waals surface area contributed by atoms with Crippen LogP contribution >= 0.6 is 0 Å². The largest absolute Gasteiger partial charge is 0.383 e. The van der Waals surface area contributed by atoms with Crippen LogP contribution in [0.2, 0.25) is 0 Å². The van der Waals surface area contributed by atoms with Crippen LogP contribution in [0.3, 0.4) is 0 Å². The molecule has 0 spiro atoms. The molecular weight excluding hydrogens is 220 g/mol. The first-order valence-corrected chi connectivity index (χ1v) is 5.55. The molecule has 6 nitrogen and oxygen atoms in total. The van der Waals surface area contributed by atoms with Gasteiger partial charge in [-0.15, -0.1) is 0 Å². The van der Waals surface area contributed by atoms with Crippen molar-refractivity contribution in [1.29, 1.82) is 0 Å². The summed E-state index contributed by atoms with van der Waals surface area (Å²) in [5, 5.41) is 0.